The van der Waals surface area contributed by atoms with Crippen LogP contribution in [0.3, 0.4) is 0 Å². The van der Waals surface area contributed by atoms with Gasteiger partial charge >= 0.3 is 0 Å². The number of nitrogens with zero attached hydrogens (tertiary/aromatic N) is 1. The number of aromatic nitrogens is 1. The third-order valence-electron chi connectivity index (χ3n) is 2.29. The summed E-state index contributed by atoms with van der Waals surface area (Å²) in [5.41, 5.74) is 6.45. The first-order valence-corrected chi connectivity index (χ1v) is 8.25. The van der Waals surface area contributed by atoms with Crippen LogP contribution in [0.4, 0.5) is 11.4 Å². The summed E-state index contributed by atoms with van der Waals surface area (Å²) in [6.45, 7) is 0. The highest BCUT2D eigenvalue weighted by Crippen LogP contribution is 2.33. The molecule has 3 N–H and O–H groups in total. The Hall–Kier alpha value is -0.950. The Morgan fingerprint density at radius 1 is 1.40 bits per heavy atom. The van der Waals surface area contributed by atoms with E-state index in [0.717, 1.165) is 4.34 Å². The van der Waals surface area contributed by atoms with E-state index in [1.807, 2.05) is 5.38 Å². The van der Waals surface area contributed by atoms with E-state index in [1.165, 1.54) is 11.8 Å². The zero-order valence-corrected chi connectivity index (χ0v) is 13.4. The number of nitrogens with two attached hydrogens (primary N) is 1. The molecule has 0 fully saturated rings. The monoisotopic (exact) mass is 347 g/mol. The SMILES string of the molecule is Nc1cc(Cl)c(NC(=O)CCSc2nccs2)c(Cl)c1. The fraction of sp³-hybridized carbons (Fsp3) is 0.167. The second kappa shape index (κ2) is 7.17. The summed E-state index contributed by atoms with van der Waals surface area (Å²) < 4.78 is 0.946. The molecular formula is C12H11Cl2N3OS2. The number of nitrogens with one attached hydrogen (secondary N) is 1. The third kappa shape index (κ3) is 4.28. The molecule has 1 aromatic carbocycles. The number of carbonyl (C=O) groups is 1. The minimum atomic E-state index is -0.150. The maximum Gasteiger partial charge on any atom is 0.225 e. The third-order valence-corrected chi connectivity index (χ3v) is 4.86. The van der Waals surface area contributed by atoms with E-state index < -0.39 is 0 Å². The molecule has 0 bridgehead atoms. The van der Waals surface area contributed by atoms with Crippen molar-refractivity contribution in [2.24, 2.45) is 0 Å². The molecule has 0 saturated heterocycles. The van der Waals surface area contributed by atoms with Crippen molar-refractivity contribution in [2.45, 2.75) is 10.8 Å². The summed E-state index contributed by atoms with van der Waals surface area (Å²) >= 11 is 15.1. The van der Waals surface area contributed by atoms with Crippen LogP contribution in [-0.2, 0) is 4.79 Å². The second-order valence-electron chi connectivity index (χ2n) is 3.80. The Morgan fingerprint density at radius 3 is 2.70 bits per heavy atom. The number of benzene rings is 1. The highest BCUT2D eigenvalue weighted by atomic mass is 35.5. The topological polar surface area (TPSA) is 68.0 Å². The van der Waals surface area contributed by atoms with E-state index in [-0.39, 0.29) is 5.91 Å². The molecule has 1 amide bonds. The lowest BCUT2D eigenvalue weighted by Gasteiger charge is -2.09. The lowest BCUT2D eigenvalue weighted by molar-refractivity contribution is -0.115. The maximum absolute atomic E-state index is 11.8. The molecular weight excluding hydrogens is 337 g/mol. The highest BCUT2D eigenvalue weighted by Gasteiger charge is 2.11. The number of amides is 1. The van der Waals surface area contributed by atoms with Crippen molar-refractivity contribution >= 4 is 63.6 Å². The number of rotatable bonds is 5. The normalized spacial score (nSPS) is 10.5. The largest absolute Gasteiger partial charge is 0.399 e. The van der Waals surface area contributed by atoms with Crippen LogP contribution >= 0.6 is 46.3 Å². The molecule has 0 aliphatic heterocycles. The molecule has 0 saturated carbocycles. The smallest absolute Gasteiger partial charge is 0.225 e. The summed E-state index contributed by atoms with van der Waals surface area (Å²) in [6, 6.07) is 3.10. The predicted molar refractivity (Wildman–Crippen MR) is 87.0 cm³/mol. The van der Waals surface area contributed by atoms with E-state index >= 15 is 0 Å². The van der Waals surface area contributed by atoms with Gasteiger partial charge in [-0.15, -0.1) is 11.3 Å². The lowest BCUT2D eigenvalue weighted by Crippen LogP contribution is -2.13. The number of nitrogen functional groups attached to an aromatic ring is 1. The standard InChI is InChI=1S/C12H11Cl2N3OS2/c13-8-5-7(15)6-9(14)11(8)17-10(18)1-3-19-12-16-2-4-20-12/h2,4-6H,1,3,15H2,(H,17,18). The van der Waals surface area contributed by atoms with Gasteiger partial charge in [0.15, 0.2) is 0 Å². The number of hydrogen-bond acceptors (Lipinski definition) is 5. The molecule has 2 aromatic rings. The molecule has 0 unspecified atom stereocenters. The first-order valence-electron chi connectivity index (χ1n) is 5.63. The number of carbonyl (C=O) groups excluding carboxylic acids is 1. The minimum absolute atomic E-state index is 0.150. The average Bonchev–Trinajstić information content (AvgIpc) is 2.87. The van der Waals surface area contributed by atoms with Gasteiger partial charge in [-0.3, -0.25) is 4.79 Å². The van der Waals surface area contributed by atoms with Gasteiger partial charge in [-0.25, -0.2) is 4.98 Å². The summed E-state index contributed by atoms with van der Waals surface area (Å²) in [5, 5.41) is 5.26. The Bertz CT molecular complexity index is 582. The van der Waals surface area contributed by atoms with Crippen LogP contribution in [0.5, 0.6) is 0 Å². The molecule has 1 aromatic heterocycles. The zero-order valence-electron chi connectivity index (χ0n) is 10.2. The van der Waals surface area contributed by atoms with Gasteiger partial charge in [0.1, 0.15) is 4.34 Å². The first kappa shape index (κ1) is 15.4. The zero-order chi connectivity index (χ0) is 14.5. The van der Waals surface area contributed by atoms with Gasteiger partial charge in [-0.2, -0.15) is 0 Å². The van der Waals surface area contributed by atoms with E-state index in [0.29, 0.717) is 33.6 Å². The van der Waals surface area contributed by atoms with Crippen molar-refractivity contribution in [3.8, 4) is 0 Å². The first-order chi connectivity index (χ1) is 9.56. The van der Waals surface area contributed by atoms with Crippen molar-refractivity contribution in [1.82, 2.24) is 4.98 Å². The summed E-state index contributed by atoms with van der Waals surface area (Å²) in [5.74, 6) is 0.492. The number of hydrogen-bond donors (Lipinski definition) is 2. The van der Waals surface area contributed by atoms with Crippen LogP contribution in [0.2, 0.25) is 10.0 Å². The van der Waals surface area contributed by atoms with Gasteiger partial charge < -0.3 is 11.1 Å². The maximum atomic E-state index is 11.8. The summed E-state index contributed by atoms with van der Waals surface area (Å²) in [7, 11) is 0. The van der Waals surface area contributed by atoms with Crippen molar-refractivity contribution in [3.63, 3.8) is 0 Å². The molecule has 20 heavy (non-hydrogen) atoms. The summed E-state index contributed by atoms with van der Waals surface area (Å²) in [4.78, 5) is 16.0. The fourth-order valence-electron chi connectivity index (χ4n) is 1.43. The van der Waals surface area contributed by atoms with Gasteiger partial charge in [0.2, 0.25) is 5.91 Å². The Balaban J connectivity index is 1.88. The van der Waals surface area contributed by atoms with Crippen molar-refractivity contribution in [1.29, 1.82) is 0 Å². The van der Waals surface area contributed by atoms with Crippen LogP contribution in [0.25, 0.3) is 0 Å². The number of thioether (sulfide) groups is 1. The number of anilines is 2. The molecule has 0 aliphatic carbocycles. The molecule has 0 aliphatic rings. The van der Waals surface area contributed by atoms with Gasteiger partial charge in [-0.1, -0.05) is 35.0 Å². The predicted octanol–water partition coefficient (Wildman–Crippen LogP) is 4.15. The van der Waals surface area contributed by atoms with Gasteiger partial charge in [0, 0.05) is 29.4 Å². The molecule has 8 heteroatoms. The van der Waals surface area contributed by atoms with Gasteiger partial charge in [0.05, 0.1) is 15.7 Å². The van der Waals surface area contributed by atoms with Crippen LogP contribution in [0.15, 0.2) is 28.0 Å². The van der Waals surface area contributed by atoms with E-state index in [4.69, 9.17) is 28.9 Å². The molecule has 0 atom stereocenters. The second-order valence-corrected chi connectivity index (χ2v) is 6.86. The molecule has 2 rings (SSSR count). The van der Waals surface area contributed by atoms with Crippen LogP contribution < -0.4 is 11.1 Å². The van der Waals surface area contributed by atoms with Crippen molar-refractivity contribution < 1.29 is 4.79 Å². The van der Waals surface area contributed by atoms with E-state index in [2.05, 4.69) is 10.3 Å². The van der Waals surface area contributed by atoms with E-state index in [1.54, 1.807) is 29.7 Å². The Kier molecular flexibility index (Phi) is 5.54. The number of halogens is 2. The van der Waals surface area contributed by atoms with Crippen molar-refractivity contribution in [2.75, 3.05) is 16.8 Å². The van der Waals surface area contributed by atoms with Crippen LogP contribution in [-0.4, -0.2) is 16.6 Å². The van der Waals surface area contributed by atoms with Crippen molar-refractivity contribution in [3.05, 3.63) is 33.8 Å². The van der Waals surface area contributed by atoms with Gasteiger partial charge in [0.25, 0.3) is 0 Å². The summed E-state index contributed by atoms with van der Waals surface area (Å²) in [6.07, 6.45) is 2.09. The quantitative estimate of drug-likeness (QED) is 0.629. The molecule has 106 valence electrons. The molecule has 0 radical (unpaired) electrons. The molecule has 1 heterocycles. The van der Waals surface area contributed by atoms with Gasteiger partial charge in [-0.05, 0) is 12.1 Å². The lowest BCUT2D eigenvalue weighted by atomic mass is 10.2. The average molecular weight is 348 g/mol. The highest BCUT2D eigenvalue weighted by molar-refractivity contribution is 8.01. The fourth-order valence-corrected chi connectivity index (χ4v) is 3.67. The Labute approximate surface area is 134 Å². The number of thiazole rings is 1. The molecule has 0 spiro atoms. The van der Waals surface area contributed by atoms with Crippen LogP contribution in [0.1, 0.15) is 6.42 Å². The Morgan fingerprint density at radius 2 is 2.10 bits per heavy atom. The minimum Gasteiger partial charge on any atom is -0.399 e. The van der Waals surface area contributed by atoms with E-state index in [9.17, 15) is 4.79 Å². The van der Waals surface area contributed by atoms with Crippen LogP contribution in [0, 0.1) is 0 Å². The molecule has 4 nitrogen and oxygen atoms in total.